The Balaban J connectivity index is 1.82. The average Bonchev–Trinajstić information content (AvgIpc) is 2.67. The van der Waals surface area contributed by atoms with Gasteiger partial charge in [0.25, 0.3) is 0 Å². The molecule has 1 aromatic rings. The first-order valence-corrected chi connectivity index (χ1v) is 5.47. The summed E-state index contributed by atoms with van der Waals surface area (Å²) in [7, 11) is 0. The molecule has 1 aliphatic heterocycles. The van der Waals surface area contributed by atoms with Crippen LogP contribution in [0.15, 0.2) is 24.4 Å². The maximum absolute atomic E-state index is 11.6. The normalized spacial score (nSPS) is 22.4. The van der Waals surface area contributed by atoms with E-state index in [4.69, 9.17) is 14.2 Å². The van der Waals surface area contributed by atoms with Crippen LogP contribution in [0.1, 0.15) is 24.3 Å². The fourth-order valence-corrected chi connectivity index (χ4v) is 1.57. The van der Waals surface area contributed by atoms with Gasteiger partial charge in [0.2, 0.25) is 0 Å². The van der Waals surface area contributed by atoms with Gasteiger partial charge in [0.15, 0.2) is 5.79 Å². The van der Waals surface area contributed by atoms with Gasteiger partial charge in [-0.3, -0.25) is 0 Å². The first-order valence-electron chi connectivity index (χ1n) is 5.47. The Morgan fingerprint density at radius 2 is 2.41 bits per heavy atom. The minimum absolute atomic E-state index is 0.179. The topological polar surface area (TPSA) is 57.7 Å². The lowest BCUT2D eigenvalue weighted by Gasteiger charge is -2.16. The van der Waals surface area contributed by atoms with Crippen molar-refractivity contribution < 1.29 is 19.0 Å². The van der Waals surface area contributed by atoms with Crippen LogP contribution in [0.5, 0.6) is 0 Å². The second kappa shape index (κ2) is 4.81. The molecule has 0 aliphatic carbocycles. The van der Waals surface area contributed by atoms with Crippen molar-refractivity contribution in [3.05, 3.63) is 30.1 Å². The number of rotatable bonds is 3. The van der Waals surface area contributed by atoms with E-state index in [-0.39, 0.29) is 12.7 Å². The lowest BCUT2D eigenvalue weighted by molar-refractivity contribution is -0.142. The first-order chi connectivity index (χ1) is 8.07. The van der Waals surface area contributed by atoms with Crippen LogP contribution < -0.4 is 0 Å². The second-order valence-corrected chi connectivity index (χ2v) is 4.26. The second-order valence-electron chi connectivity index (χ2n) is 4.26. The molecule has 2 heterocycles. The zero-order chi connectivity index (χ0) is 12.3. The van der Waals surface area contributed by atoms with E-state index >= 15 is 0 Å². The number of pyridine rings is 1. The van der Waals surface area contributed by atoms with Crippen molar-refractivity contribution >= 4 is 5.97 Å². The van der Waals surface area contributed by atoms with Gasteiger partial charge >= 0.3 is 5.97 Å². The molecule has 0 radical (unpaired) electrons. The number of esters is 1. The zero-order valence-electron chi connectivity index (χ0n) is 9.88. The highest BCUT2D eigenvalue weighted by molar-refractivity contribution is 5.87. The number of carbonyl (C=O) groups is 1. The Labute approximate surface area is 99.7 Å². The summed E-state index contributed by atoms with van der Waals surface area (Å²) < 4.78 is 16.0. The molecule has 5 heteroatoms. The number of aromatic nitrogens is 1. The van der Waals surface area contributed by atoms with Crippen LogP contribution in [0.3, 0.4) is 0 Å². The molecule has 0 saturated carbocycles. The molecule has 0 amide bonds. The number of hydrogen-bond donors (Lipinski definition) is 0. The Hall–Kier alpha value is -1.46. The quantitative estimate of drug-likeness (QED) is 0.743. The molecule has 1 fully saturated rings. The van der Waals surface area contributed by atoms with Gasteiger partial charge in [0.05, 0.1) is 6.61 Å². The van der Waals surface area contributed by atoms with Crippen molar-refractivity contribution in [2.45, 2.75) is 25.7 Å². The molecule has 92 valence electrons. The maximum Gasteiger partial charge on any atom is 0.357 e. The zero-order valence-corrected chi connectivity index (χ0v) is 9.88. The molecule has 1 atom stereocenters. The summed E-state index contributed by atoms with van der Waals surface area (Å²) in [6.07, 6.45) is 1.34. The minimum atomic E-state index is -0.595. The lowest BCUT2D eigenvalue weighted by Crippen LogP contribution is -2.25. The van der Waals surface area contributed by atoms with Crippen molar-refractivity contribution in [3.63, 3.8) is 0 Å². The molecule has 17 heavy (non-hydrogen) atoms. The van der Waals surface area contributed by atoms with Crippen molar-refractivity contribution in [2.75, 3.05) is 13.2 Å². The number of ether oxygens (including phenoxy) is 3. The van der Waals surface area contributed by atoms with Crippen molar-refractivity contribution in [2.24, 2.45) is 0 Å². The number of carbonyl (C=O) groups excluding carboxylic acids is 1. The third kappa shape index (κ3) is 3.25. The third-order valence-corrected chi connectivity index (χ3v) is 2.34. The van der Waals surface area contributed by atoms with E-state index in [9.17, 15) is 4.79 Å². The van der Waals surface area contributed by atoms with E-state index < -0.39 is 11.8 Å². The summed E-state index contributed by atoms with van der Waals surface area (Å²) >= 11 is 0. The number of hydrogen-bond acceptors (Lipinski definition) is 5. The van der Waals surface area contributed by atoms with Crippen LogP contribution in [0, 0.1) is 0 Å². The average molecular weight is 237 g/mol. The molecular weight excluding hydrogens is 222 g/mol. The SMILES string of the molecule is CC1(C)OCC(COC(=O)c2ccccn2)O1. The van der Waals surface area contributed by atoms with Crippen LogP contribution in [0.2, 0.25) is 0 Å². The summed E-state index contributed by atoms with van der Waals surface area (Å²) in [6, 6.07) is 5.09. The fraction of sp³-hybridized carbons (Fsp3) is 0.500. The highest BCUT2D eigenvalue weighted by Gasteiger charge is 2.33. The minimum Gasteiger partial charge on any atom is -0.458 e. The van der Waals surface area contributed by atoms with E-state index in [0.29, 0.717) is 12.3 Å². The molecular formula is C12H15NO4. The predicted octanol–water partition coefficient (Wildman–Crippen LogP) is 1.39. The highest BCUT2D eigenvalue weighted by Crippen LogP contribution is 2.22. The molecule has 1 aliphatic rings. The molecule has 2 rings (SSSR count). The van der Waals surface area contributed by atoms with Gasteiger partial charge in [-0.05, 0) is 26.0 Å². The Bertz CT molecular complexity index is 391. The Kier molecular flexibility index (Phi) is 3.40. The Morgan fingerprint density at radius 3 is 3.00 bits per heavy atom. The van der Waals surface area contributed by atoms with E-state index in [1.54, 1.807) is 24.4 Å². The van der Waals surface area contributed by atoms with Crippen LogP contribution in [-0.2, 0) is 14.2 Å². The largest absolute Gasteiger partial charge is 0.458 e. The molecule has 1 unspecified atom stereocenters. The number of nitrogens with zero attached hydrogens (tertiary/aromatic N) is 1. The molecule has 0 bridgehead atoms. The molecule has 0 spiro atoms. The van der Waals surface area contributed by atoms with Crippen molar-refractivity contribution in [1.29, 1.82) is 0 Å². The summed E-state index contributed by atoms with van der Waals surface area (Å²) in [5.41, 5.74) is 0.297. The summed E-state index contributed by atoms with van der Waals surface area (Å²) in [5, 5.41) is 0. The lowest BCUT2D eigenvalue weighted by atomic mass is 10.3. The van der Waals surface area contributed by atoms with Gasteiger partial charge in [-0.25, -0.2) is 9.78 Å². The molecule has 5 nitrogen and oxygen atoms in total. The molecule has 1 aromatic heterocycles. The maximum atomic E-state index is 11.6. The van der Waals surface area contributed by atoms with Gasteiger partial charge < -0.3 is 14.2 Å². The first kappa shape index (κ1) is 12.0. The van der Waals surface area contributed by atoms with E-state index in [2.05, 4.69) is 4.98 Å². The van der Waals surface area contributed by atoms with Crippen molar-refractivity contribution in [1.82, 2.24) is 4.98 Å². The van der Waals surface area contributed by atoms with E-state index in [0.717, 1.165) is 0 Å². The third-order valence-electron chi connectivity index (χ3n) is 2.34. The van der Waals surface area contributed by atoms with Crippen LogP contribution in [0.25, 0.3) is 0 Å². The van der Waals surface area contributed by atoms with Gasteiger partial charge in [-0.2, -0.15) is 0 Å². The van der Waals surface area contributed by atoms with Gasteiger partial charge in [-0.1, -0.05) is 6.07 Å². The highest BCUT2D eigenvalue weighted by atomic mass is 16.7. The standard InChI is InChI=1S/C12H15NO4/c1-12(2)16-8-9(17-12)7-15-11(14)10-5-3-4-6-13-10/h3-6,9H,7-8H2,1-2H3. The smallest absolute Gasteiger partial charge is 0.357 e. The summed E-state index contributed by atoms with van der Waals surface area (Å²) in [6.45, 7) is 4.27. The van der Waals surface area contributed by atoms with E-state index in [1.807, 2.05) is 13.8 Å². The Morgan fingerprint density at radius 1 is 1.59 bits per heavy atom. The predicted molar refractivity (Wildman–Crippen MR) is 59.4 cm³/mol. The fourth-order valence-electron chi connectivity index (χ4n) is 1.57. The van der Waals surface area contributed by atoms with Gasteiger partial charge in [0.1, 0.15) is 18.4 Å². The molecule has 1 saturated heterocycles. The molecule has 0 aromatic carbocycles. The molecule has 0 N–H and O–H groups in total. The van der Waals surface area contributed by atoms with Crippen LogP contribution >= 0.6 is 0 Å². The van der Waals surface area contributed by atoms with Gasteiger partial charge in [-0.15, -0.1) is 0 Å². The monoisotopic (exact) mass is 237 g/mol. The summed E-state index contributed by atoms with van der Waals surface area (Å²) in [5.74, 6) is -1.04. The van der Waals surface area contributed by atoms with Crippen molar-refractivity contribution in [3.8, 4) is 0 Å². The van der Waals surface area contributed by atoms with E-state index in [1.165, 1.54) is 0 Å². The van der Waals surface area contributed by atoms with Gasteiger partial charge in [0, 0.05) is 6.20 Å². The van der Waals surface area contributed by atoms with Crippen LogP contribution in [-0.4, -0.2) is 36.1 Å². The summed E-state index contributed by atoms with van der Waals surface area (Å²) in [4.78, 5) is 15.5. The van der Waals surface area contributed by atoms with Crippen LogP contribution in [0.4, 0.5) is 0 Å².